The summed E-state index contributed by atoms with van der Waals surface area (Å²) >= 11 is 0. The molecule has 7 heteroatoms. The molecule has 0 spiro atoms. The number of amides is 2. The predicted octanol–water partition coefficient (Wildman–Crippen LogP) is 0.828. The van der Waals surface area contributed by atoms with E-state index in [0.717, 1.165) is 35.8 Å². The van der Waals surface area contributed by atoms with E-state index < -0.39 is 5.91 Å². The second-order valence-electron chi connectivity index (χ2n) is 5.38. The lowest BCUT2D eigenvalue weighted by molar-refractivity contribution is -0.129. The minimum absolute atomic E-state index is 0.263. The number of rotatable bonds is 3. The Labute approximate surface area is 131 Å². The van der Waals surface area contributed by atoms with Crippen LogP contribution in [0.15, 0.2) is 27.4 Å². The molecule has 0 saturated heterocycles. The molecule has 2 N–H and O–H groups in total. The summed E-state index contributed by atoms with van der Waals surface area (Å²) < 4.78 is 10.7. The van der Waals surface area contributed by atoms with Crippen molar-refractivity contribution >= 4 is 22.8 Å². The Bertz CT molecular complexity index is 840. The molecule has 2 aromatic rings. The van der Waals surface area contributed by atoms with Crippen molar-refractivity contribution in [1.82, 2.24) is 10.9 Å². The summed E-state index contributed by atoms with van der Waals surface area (Å²) in [6, 6.07) is 5.16. The van der Waals surface area contributed by atoms with Crippen LogP contribution in [0.1, 0.15) is 24.5 Å². The summed E-state index contributed by atoms with van der Waals surface area (Å²) in [5, 5.41) is 0.909. The molecule has 1 aliphatic carbocycles. The number of hydrazine groups is 1. The molecular formula is C16H16N2O5. The van der Waals surface area contributed by atoms with Gasteiger partial charge in [0.2, 0.25) is 5.91 Å². The molecule has 1 aromatic heterocycles. The minimum Gasteiger partial charge on any atom is -0.484 e. The SMILES string of the molecule is CC(=O)NNC(=O)COc1ccc2c3c(c(=O)oc2c1)CCC3. The highest BCUT2D eigenvalue weighted by atomic mass is 16.5. The third kappa shape index (κ3) is 3.18. The molecule has 0 unspecified atom stereocenters. The van der Waals surface area contributed by atoms with Gasteiger partial charge in [-0.3, -0.25) is 20.4 Å². The average Bonchev–Trinajstić information content (AvgIpc) is 3.01. The van der Waals surface area contributed by atoms with E-state index in [-0.39, 0.29) is 18.1 Å². The number of carbonyl (C=O) groups excluding carboxylic acids is 2. The minimum atomic E-state index is -0.490. The Balaban J connectivity index is 1.76. The first-order valence-corrected chi connectivity index (χ1v) is 7.31. The topological polar surface area (TPSA) is 97.6 Å². The van der Waals surface area contributed by atoms with Gasteiger partial charge >= 0.3 is 5.63 Å². The number of carbonyl (C=O) groups is 2. The van der Waals surface area contributed by atoms with E-state index in [4.69, 9.17) is 9.15 Å². The fourth-order valence-corrected chi connectivity index (χ4v) is 2.70. The monoisotopic (exact) mass is 316 g/mol. The van der Waals surface area contributed by atoms with Crippen molar-refractivity contribution in [3.05, 3.63) is 39.7 Å². The van der Waals surface area contributed by atoms with E-state index in [0.29, 0.717) is 11.3 Å². The predicted molar refractivity (Wildman–Crippen MR) is 82.0 cm³/mol. The van der Waals surface area contributed by atoms with Crippen LogP contribution >= 0.6 is 0 Å². The zero-order valence-electron chi connectivity index (χ0n) is 12.6. The summed E-state index contributed by atoms with van der Waals surface area (Å²) in [6.07, 6.45) is 2.59. The molecule has 0 aliphatic heterocycles. The molecule has 1 aliphatic rings. The van der Waals surface area contributed by atoms with Crippen LogP contribution < -0.4 is 21.2 Å². The average molecular weight is 316 g/mol. The van der Waals surface area contributed by atoms with Gasteiger partial charge in [-0.25, -0.2) is 4.79 Å². The van der Waals surface area contributed by atoms with Crippen LogP contribution in [0.25, 0.3) is 11.0 Å². The molecule has 120 valence electrons. The Kier molecular flexibility index (Phi) is 4.01. The van der Waals surface area contributed by atoms with E-state index in [9.17, 15) is 14.4 Å². The van der Waals surface area contributed by atoms with Gasteiger partial charge in [-0.2, -0.15) is 0 Å². The Morgan fingerprint density at radius 3 is 2.78 bits per heavy atom. The van der Waals surface area contributed by atoms with Gasteiger partial charge in [0.05, 0.1) is 0 Å². The largest absolute Gasteiger partial charge is 0.484 e. The zero-order chi connectivity index (χ0) is 16.4. The first-order chi connectivity index (χ1) is 11.0. The number of ether oxygens (including phenoxy) is 1. The van der Waals surface area contributed by atoms with Crippen LogP contribution in [0, 0.1) is 0 Å². The van der Waals surface area contributed by atoms with Crippen molar-refractivity contribution in [3.63, 3.8) is 0 Å². The lowest BCUT2D eigenvalue weighted by atomic mass is 10.1. The molecule has 23 heavy (non-hydrogen) atoms. The van der Waals surface area contributed by atoms with Crippen molar-refractivity contribution in [1.29, 1.82) is 0 Å². The van der Waals surface area contributed by atoms with Gasteiger partial charge in [0.25, 0.3) is 5.91 Å². The Morgan fingerprint density at radius 1 is 1.22 bits per heavy atom. The molecule has 0 fully saturated rings. The van der Waals surface area contributed by atoms with Gasteiger partial charge in [-0.1, -0.05) is 0 Å². The van der Waals surface area contributed by atoms with Crippen LogP contribution in [0.3, 0.4) is 0 Å². The van der Waals surface area contributed by atoms with E-state index >= 15 is 0 Å². The summed E-state index contributed by atoms with van der Waals surface area (Å²) in [5.41, 5.74) is 6.33. The first-order valence-electron chi connectivity index (χ1n) is 7.31. The third-order valence-corrected chi connectivity index (χ3v) is 3.69. The first kappa shape index (κ1) is 15.1. The molecule has 0 bridgehead atoms. The van der Waals surface area contributed by atoms with Crippen LogP contribution in [-0.2, 0) is 22.4 Å². The molecule has 0 atom stereocenters. The molecule has 7 nitrogen and oxygen atoms in total. The van der Waals surface area contributed by atoms with Crippen molar-refractivity contribution in [2.45, 2.75) is 26.2 Å². The number of hydrogen-bond acceptors (Lipinski definition) is 5. The molecule has 3 rings (SSSR count). The quantitative estimate of drug-likeness (QED) is 0.645. The van der Waals surface area contributed by atoms with Crippen molar-refractivity contribution in [2.24, 2.45) is 0 Å². The lowest BCUT2D eigenvalue weighted by Crippen LogP contribution is -2.42. The zero-order valence-corrected chi connectivity index (χ0v) is 12.6. The van der Waals surface area contributed by atoms with Gasteiger partial charge in [0, 0.05) is 23.9 Å². The third-order valence-electron chi connectivity index (χ3n) is 3.69. The maximum atomic E-state index is 11.9. The summed E-state index contributed by atoms with van der Waals surface area (Å²) in [7, 11) is 0. The standard InChI is InChI=1S/C16H16N2O5/c1-9(19)17-18-15(20)8-22-10-5-6-12-11-3-2-4-13(11)16(21)23-14(12)7-10/h5-7H,2-4,8H2,1H3,(H,17,19)(H,18,20). The number of aryl methyl sites for hydroxylation is 1. The molecular weight excluding hydrogens is 300 g/mol. The normalized spacial score (nSPS) is 12.7. The smallest absolute Gasteiger partial charge is 0.339 e. The second kappa shape index (κ2) is 6.12. The van der Waals surface area contributed by atoms with Crippen molar-refractivity contribution in [3.8, 4) is 5.75 Å². The second-order valence-corrected chi connectivity index (χ2v) is 5.38. The summed E-state index contributed by atoms with van der Waals surface area (Å²) in [6.45, 7) is 1.02. The Hall–Kier alpha value is -2.83. The van der Waals surface area contributed by atoms with E-state index in [1.807, 2.05) is 6.07 Å². The highest BCUT2D eigenvalue weighted by Crippen LogP contribution is 2.29. The van der Waals surface area contributed by atoms with Gasteiger partial charge in [-0.05, 0) is 37.0 Å². The van der Waals surface area contributed by atoms with Gasteiger partial charge in [-0.15, -0.1) is 0 Å². The van der Waals surface area contributed by atoms with E-state index in [1.54, 1.807) is 12.1 Å². The van der Waals surface area contributed by atoms with Crippen molar-refractivity contribution in [2.75, 3.05) is 6.61 Å². The highest BCUT2D eigenvalue weighted by Gasteiger charge is 2.19. The fourth-order valence-electron chi connectivity index (χ4n) is 2.70. The van der Waals surface area contributed by atoms with Crippen molar-refractivity contribution < 1.29 is 18.7 Å². The number of benzene rings is 1. The molecule has 1 aromatic carbocycles. The van der Waals surface area contributed by atoms with Gasteiger partial charge < -0.3 is 9.15 Å². The molecule has 0 radical (unpaired) electrons. The van der Waals surface area contributed by atoms with Crippen LogP contribution in [0.5, 0.6) is 5.75 Å². The maximum absolute atomic E-state index is 11.9. The Morgan fingerprint density at radius 2 is 2.00 bits per heavy atom. The van der Waals surface area contributed by atoms with E-state index in [1.165, 1.54) is 6.92 Å². The maximum Gasteiger partial charge on any atom is 0.339 e. The van der Waals surface area contributed by atoms with E-state index in [2.05, 4.69) is 10.9 Å². The van der Waals surface area contributed by atoms with Crippen LogP contribution in [0.4, 0.5) is 0 Å². The highest BCUT2D eigenvalue weighted by molar-refractivity contribution is 5.84. The van der Waals surface area contributed by atoms with Gasteiger partial charge in [0.15, 0.2) is 6.61 Å². The fraction of sp³-hybridized carbons (Fsp3) is 0.312. The summed E-state index contributed by atoms with van der Waals surface area (Å²) in [4.78, 5) is 34.1. The van der Waals surface area contributed by atoms with Crippen LogP contribution in [0.2, 0.25) is 0 Å². The number of fused-ring (bicyclic) bond motifs is 3. The molecule has 2 amide bonds. The molecule has 1 heterocycles. The van der Waals surface area contributed by atoms with Crippen LogP contribution in [-0.4, -0.2) is 18.4 Å². The number of hydrogen-bond donors (Lipinski definition) is 2. The number of nitrogens with one attached hydrogen (secondary N) is 2. The van der Waals surface area contributed by atoms with Gasteiger partial charge in [0.1, 0.15) is 11.3 Å². The molecule has 0 saturated carbocycles. The summed E-state index contributed by atoms with van der Waals surface area (Å²) in [5.74, 6) is -0.452. The lowest BCUT2D eigenvalue weighted by Gasteiger charge is -2.09.